The highest BCUT2D eigenvalue weighted by atomic mass is 19.4. The Bertz CT molecular complexity index is 699. The van der Waals surface area contributed by atoms with Crippen LogP contribution in [-0.4, -0.2) is 54.7 Å². The van der Waals surface area contributed by atoms with E-state index in [1.165, 1.54) is 30.9 Å². The van der Waals surface area contributed by atoms with E-state index in [9.17, 15) is 22.8 Å². The van der Waals surface area contributed by atoms with Crippen molar-refractivity contribution in [2.24, 2.45) is 0 Å². The first-order valence-electron chi connectivity index (χ1n) is 7.98. The second kappa shape index (κ2) is 7.11. The third kappa shape index (κ3) is 4.43. The molecule has 1 fully saturated rings. The molecular weight excluding hydrogens is 349 g/mol. The maximum Gasteiger partial charge on any atom is 0.416 e. The molecule has 0 N–H and O–H groups in total. The number of nitrogens with zero attached hydrogens (tertiary/aromatic N) is 2. The molecule has 0 aromatic heterocycles. The van der Waals surface area contributed by atoms with E-state index in [0.717, 1.165) is 11.0 Å². The SMILES string of the molecule is C=CC(=O)N(C)c1ccc(C(=O)N2CC(C(F)(F)F)OC(C)(C)C2)cc1. The fourth-order valence-electron chi connectivity index (χ4n) is 2.78. The lowest BCUT2D eigenvalue weighted by molar-refractivity contribution is -0.267. The molecule has 1 saturated heterocycles. The van der Waals surface area contributed by atoms with Crippen LogP contribution in [0.1, 0.15) is 24.2 Å². The molecular formula is C18H21F3N2O3. The van der Waals surface area contributed by atoms with Crippen LogP contribution in [0.4, 0.5) is 18.9 Å². The first-order valence-corrected chi connectivity index (χ1v) is 7.98. The molecule has 1 aliphatic rings. The molecule has 2 amide bonds. The summed E-state index contributed by atoms with van der Waals surface area (Å²) >= 11 is 0. The van der Waals surface area contributed by atoms with Crippen LogP contribution < -0.4 is 4.90 Å². The quantitative estimate of drug-likeness (QED) is 0.769. The van der Waals surface area contributed by atoms with E-state index in [4.69, 9.17) is 4.74 Å². The summed E-state index contributed by atoms with van der Waals surface area (Å²) in [7, 11) is 1.55. The van der Waals surface area contributed by atoms with Gasteiger partial charge in [0.05, 0.1) is 12.1 Å². The van der Waals surface area contributed by atoms with Gasteiger partial charge in [0, 0.05) is 24.8 Å². The maximum atomic E-state index is 13.1. The van der Waals surface area contributed by atoms with Gasteiger partial charge in [-0.3, -0.25) is 9.59 Å². The minimum Gasteiger partial charge on any atom is -0.359 e. The number of carbonyl (C=O) groups excluding carboxylic acids is 2. The summed E-state index contributed by atoms with van der Waals surface area (Å²) < 4.78 is 44.3. The molecule has 0 spiro atoms. The van der Waals surface area contributed by atoms with Crippen LogP contribution in [0.25, 0.3) is 0 Å². The number of hydrogen-bond acceptors (Lipinski definition) is 3. The lowest BCUT2D eigenvalue weighted by Gasteiger charge is -2.43. The first kappa shape index (κ1) is 20.0. The largest absolute Gasteiger partial charge is 0.416 e. The first-order chi connectivity index (χ1) is 11.9. The van der Waals surface area contributed by atoms with Gasteiger partial charge in [0.25, 0.3) is 5.91 Å². The molecule has 1 aromatic rings. The number of anilines is 1. The van der Waals surface area contributed by atoms with Crippen molar-refractivity contribution in [3.05, 3.63) is 42.5 Å². The molecule has 1 heterocycles. The van der Waals surface area contributed by atoms with Crippen molar-refractivity contribution in [2.75, 3.05) is 25.0 Å². The van der Waals surface area contributed by atoms with Gasteiger partial charge in [0.15, 0.2) is 6.10 Å². The van der Waals surface area contributed by atoms with E-state index < -0.39 is 30.3 Å². The van der Waals surface area contributed by atoms with Crippen LogP contribution in [0.15, 0.2) is 36.9 Å². The highest BCUT2D eigenvalue weighted by Gasteiger charge is 2.49. The minimum absolute atomic E-state index is 0.0506. The summed E-state index contributed by atoms with van der Waals surface area (Å²) in [6.45, 7) is 5.93. The van der Waals surface area contributed by atoms with E-state index in [1.807, 2.05) is 0 Å². The summed E-state index contributed by atoms with van der Waals surface area (Å²) in [5.41, 5.74) is -0.321. The van der Waals surface area contributed by atoms with Crippen molar-refractivity contribution in [3.63, 3.8) is 0 Å². The minimum atomic E-state index is -4.55. The molecule has 1 aliphatic heterocycles. The number of hydrogen-bond donors (Lipinski definition) is 0. The fourth-order valence-corrected chi connectivity index (χ4v) is 2.78. The lowest BCUT2D eigenvalue weighted by Crippen LogP contribution is -2.58. The molecule has 0 bridgehead atoms. The number of halogens is 3. The molecule has 1 unspecified atom stereocenters. The normalized spacial score (nSPS) is 19.8. The fraction of sp³-hybridized carbons (Fsp3) is 0.444. The Morgan fingerprint density at radius 1 is 1.31 bits per heavy atom. The van der Waals surface area contributed by atoms with Crippen molar-refractivity contribution in [1.29, 1.82) is 0 Å². The van der Waals surface area contributed by atoms with E-state index in [1.54, 1.807) is 19.2 Å². The number of rotatable bonds is 3. The summed E-state index contributed by atoms with van der Waals surface area (Å²) in [4.78, 5) is 26.7. The van der Waals surface area contributed by atoms with Crippen LogP contribution in [0, 0.1) is 0 Å². The van der Waals surface area contributed by atoms with Crippen molar-refractivity contribution in [2.45, 2.75) is 31.7 Å². The molecule has 1 aromatic carbocycles. The predicted octanol–water partition coefficient (Wildman–Crippen LogP) is 3.02. The van der Waals surface area contributed by atoms with E-state index >= 15 is 0 Å². The molecule has 2 rings (SSSR count). The Morgan fingerprint density at radius 3 is 2.38 bits per heavy atom. The highest BCUT2D eigenvalue weighted by molar-refractivity contribution is 6.01. The molecule has 0 radical (unpaired) electrons. The van der Waals surface area contributed by atoms with E-state index in [-0.39, 0.29) is 18.0 Å². The summed E-state index contributed by atoms with van der Waals surface area (Å²) in [6, 6.07) is 6.08. The maximum absolute atomic E-state index is 13.1. The smallest absolute Gasteiger partial charge is 0.359 e. The summed E-state index contributed by atoms with van der Waals surface area (Å²) in [5, 5.41) is 0. The molecule has 26 heavy (non-hydrogen) atoms. The Kier molecular flexibility index (Phi) is 5.46. The van der Waals surface area contributed by atoms with Crippen molar-refractivity contribution in [3.8, 4) is 0 Å². The number of likely N-dealkylation sites (N-methyl/N-ethyl adjacent to an activating group) is 1. The number of amides is 2. The van der Waals surface area contributed by atoms with Gasteiger partial charge in [-0.05, 0) is 44.2 Å². The van der Waals surface area contributed by atoms with Gasteiger partial charge < -0.3 is 14.5 Å². The van der Waals surface area contributed by atoms with Crippen molar-refractivity contribution < 1.29 is 27.5 Å². The van der Waals surface area contributed by atoms with Crippen LogP contribution >= 0.6 is 0 Å². The average Bonchev–Trinajstić information content (AvgIpc) is 2.57. The lowest BCUT2D eigenvalue weighted by atomic mass is 10.0. The van der Waals surface area contributed by atoms with Gasteiger partial charge >= 0.3 is 6.18 Å². The van der Waals surface area contributed by atoms with E-state index in [2.05, 4.69) is 6.58 Å². The average molecular weight is 370 g/mol. The number of alkyl halides is 3. The monoisotopic (exact) mass is 370 g/mol. The molecule has 8 heteroatoms. The molecule has 1 atom stereocenters. The Morgan fingerprint density at radius 2 is 1.88 bits per heavy atom. The molecule has 5 nitrogen and oxygen atoms in total. The number of benzene rings is 1. The van der Waals surface area contributed by atoms with Gasteiger partial charge in [-0.1, -0.05) is 6.58 Å². The topological polar surface area (TPSA) is 49.9 Å². The van der Waals surface area contributed by atoms with Crippen LogP contribution in [-0.2, 0) is 9.53 Å². The van der Waals surface area contributed by atoms with E-state index in [0.29, 0.717) is 5.69 Å². The Hall–Kier alpha value is -2.35. The van der Waals surface area contributed by atoms with Crippen LogP contribution in [0.5, 0.6) is 0 Å². The summed E-state index contributed by atoms with van der Waals surface area (Å²) in [6.07, 6.45) is -5.41. The Balaban J connectivity index is 2.19. The van der Waals surface area contributed by atoms with Crippen LogP contribution in [0.2, 0.25) is 0 Å². The number of carbonyl (C=O) groups is 2. The second-order valence-electron chi connectivity index (χ2n) is 6.74. The number of ether oxygens (including phenoxy) is 1. The molecule has 142 valence electrons. The van der Waals surface area contributed by atoms with Crippen molar-refractivity contribution >= 4 is 17.5 Å². The van der Waals surface area contributed by atoms with Crippen LogP contribution in [0.3, 0.4) is 0 Å². The third-order valence-corrected chi connectivity index (χ3v) is 4.08. The second-order valence-corrected chi connectivity index (χ2v) is 6.74. The zero-order chi connectivity index (χ0) is 19.7. The van der Waals surface area contributed by atoms with Gasteiger partial charge in [-0.25, -0.2) is 0 Å². The third-order valence-electron chi connectivity index (χ3n) is 4.08. The molecule has 0 aliphatic carbocycles. The highest BCUT2D eigenvalue weighted by Crippen LogP contribution is 2.32. The standard InChI is InChI=1S/C18H21F3N2O3/c1-5-15(24)22(4)13-8-6-12(7-9-13)16(25)23-10-14(18(19,20)21)26-17(2,3)11-23/h5-9,14H,1,10-11H2,2-4H3. The van der Waals surface area contributed by atoms with Gasteiger partial charge in [-0.2, -0.15) is 13.2 Å². The van der Waals surface area contributed by atoms with Crippen molar-refractivity contribution in [1.82, 2.24) is 4.90 Å². The van der Waals surface area contributed by atoms with Gasteiger partial charge in [0.1, 0.15) is 0 Å². The van der Waals surface area contributed by atoms with Gasteiger partial charge in [0.2, 0.25) is 5.91 Å². The zero-order valence-electron chi connectivity index (χ0n) is 14.8. The Labute approximate surface area is 150 Å². The molecule has 0 saturated carbocycles. The zero-order valence-corrected chi connectivity index (χ0v) is 14.8. The summed E-state index contributed by atoms with van der Waals surface area (Å²) in [5.74, 6) is -0.827. The predicted molar refractivity (Wildman–Crippen MR) is 91.0 cm³/mol. The number of morpholine rings is 1. The van der Waals surface area contributed by atoms with Gasteiger partial charge in [-0.15, -0.1) is 0 Å².